The van der Waals surface area contributed by atoms with Crippen molar-refractivity contribution >= 4 is 17.9 Å². The molecule has 0 rings (SSSR count). The molecule has 0 saturated carbocycles. The highest BCUT2D eigenvalue weighted by Crippen LogP contribution is 2.14. The van der Waals surface area contributed by atoms with Crippen LogP contribution in [0.3, 0.4) is 0 Å². The average molecular weight is 811 g/mol. The number of carbonyl (C=O) groups is 3. The number of ether oxygens (including phenoxy) is 3. The molecule has 0 spiro atoms. The van der Waals surface area contributed by atoms with Crippen LogP contribution in [-0.2, 0) is 28.6 Å². The number of esters is 3. The van der Waals surface area contributed by atoms with Crippen LogP contribution in [0.15, 0.2) is 60.8 Å². The van der Waals surface area contributed by atoms with Gasteiger partial charge in [-0.3, -0.25) is 14.4 Å². The van der Waals surface area contributed by atoms with Crippen molar-refractivity contribution in [3.63, 3.8) is 0 Å². The van der Waals surface area contributed by atoms with E-state index < -0.39 is 6.10 Å². The van der Waals surface area contributed by atoms with Crippen LogP contribution in [0.2, 0.25) is 0 Å². The molecule has 1 atom stereocenters. The minimum atomic E-state index is -0.784. The fourth-order valence-corrected chi connectivity index (χ4v) is 6.61. The minimum absolute atomic E-state index is 0.0870. The fourth-order valence-electron chi connectivity index (χ4n) is 6.61. The summed E-state index contributed by atoms with van der Waals surface area (Å²) in [7, 11) is 0. The van der Waals surface area contributed by atoms with E-state index in [4.69, 9.17) is 14.2 Å². The van der Waals surface area contributed by atoms with Crippen LogP contribution >= 0.6 is 0 Å². The Morgan fingerprint density at radius 3 is 1.10 bits per heavy atom. The lowest BCUT2D eigenvalue weighted by molar-refractivity contribution is -0.167. The van der Waals surface area contributed by atoms with Crippen LogP contribution in [0.4, 0.5) is 0 Å². The maximum atomic E-state index is 12.7. The van der Waals surface area contributed by atoms with Gasteiger partial charge in [0, 0.05) is 19.3 Å². The van der Waals surface area contributed by atoms with E-state index in [9.17, 15) is 14.4 Å². The van der Waals surface area contributed by atoms with Crippen molar-refractivity contribution in [3.05, 3.63) is 60.8 Å². The zero-order valence-electron chi connectivity index (χ0n) is 38.0. The second-order valence-corrected chi connectivity index (χ2v) is 16.1. The highest BCUT2D eigenvalue weighted by molar-refractivity contribution is 5.71. The summed E-state index contributed by atoms with van der Waals surface area (Å²) >= 11 is 0. The van der Waals surface area contributed by atoms with Crippen LogP contribution in [0, 0.1) is 0 Å². The molecule has 0 N–H and O–H groups in total. The van der Waals surface area contributed by atoms with Crippen molar-refractivity contribution in [2.75, 3.05) is 13.2 Å². The molecule has 0 aliphatic carbocycles. The monoisotopic (exact) mass is 811 g/mol. The van der Waals surface area contributed by atoms with E-state index in [-0.39, 0.29) is 31.1 Å². The van der Waals surface area contributed by atoms with Gasteiger partial charge in [0.2, 0.25) is 0 Å². The maximum Gasteiger partial charge on any atom is 0.306 e. The van der Waals surface area contributed by atoms with Crippen molar-refractivity contribution < 1.29 is 28.6 Å². The summed E-state index contributed by atoms with van der Waals surface area (Å²) in [5.74, 6) is -0.922. The lowest BCUT2D eigenvalue weighted by Gasteiger charge is -2.18. The summed E-state index contributed by atoms with van der Waals surface area (Å²) in [6.45, 7) is 6.52. The van der Waals surface area contributed by atoms with Crippen LogP contribution < -0.4 is 0 Å². The van der Waals surface area contributed by atoms with Gasteiger partial charge in [-0.1, -0.05) is 210 Å². The summed E-state index contributed by atoms with van der Waals surface area (Å²) in [6.07, 6.45) is 56.2. The van der Waals surface area contributed by atoms with Gasteiger partial charge in [-0.2, -0.15) is 0 Å². The molecule has 0 aliphatic rings. The molecule has 6 nitrogen and oxygen atoms in total. The first-order valence-corrected chi connectivity index (χ1v) is 24.3. The molecule has 58 heavy (non-hydrogen) atoms. The Kier molecular flexibility index (Phi) is 44.5. The molecule has 0 radical (unpaired) electrons. The Morgan fingerprint density at radius 2 is 0.655 bits per heavy atom. The molecule has 334 valence electrons. The van der Waals surface area contributed by atoms with Crippen molar-refractivity contribution in [2.45, 2.75) is 239 Å². The van der Waals surface area contributed by atoms with Gasteiger partial charge in [-0.15, -0.1) is 0 Å². The van der Waals surface area contributed by atoms with E-state index in [0.29, 0.717) is 19.3 Å². The van der Waals surface area contributed by atoms with Crippen LogP contribution in [0.25, 0.3) is 0 Å². The maximum absolute atomic E-state index is 12.7. The summed E-state index contributed by atoms with van der Waals surface area (Å²) < 4.78 is 16.7. The van der Waals surface area contributed by atoms with E-state index in [1.54, 1.807) is 0 Å². The van der Waals surface area contributed by atoms with Crippen molar-refractivity contribution in [2.24, 2.45) is 0 Å². The summed E-state index contributed by atoms with van der Waals surface area (Å²) in [5, 5.41) is 0. The molecule has 0 aromatic heterocycles. The SMILES string of the molecule is CCCC/C=C\CCCCCCC(=O)OCC(COC(=O)CCCCCCC\C=C/C=C\C=C/C=C\CCCCC)OC(=O)CCCCCCCCCCCCCC. The van der Waals surface area contributed by atoms with Gasteiger partial charge in [0.05, 0.1) is 0 Å². The van der Waals surface area contributed by atoms with Crippen LogP contribution in [0.1, 0.15) is 233 Å². The Balaban J connectivity index is 4.40. The molecule has 0 aliphatic heterocycles. The number of hydrogen-bond donors (Lipinski definition) is 0. The predicted octanol–water partition coefficient (Wildman–Crippen LogP) is 15.7. The van der Waals surface area contributed by atoms with Gasteiger partial charge in [0.25, 0.3) is 0 Å². The van der Waals surface area contributed by atoms with Gasteiger partial charge < -0.3 is 14.2 Å². The average Bonchev–Trinajstić information content (AvgIpc) is 3.22. The largest absolute Gasteiger partial charge is 0.462 e. The number of hydrogen-bond acceptors (Lipinski definition) is 6. The summed E-state index contributed by atoms with van der Waals surface area (Å²) in [4.78, 5) is 37.8. The van der Waals surface area contributed by atoms with E-state index in [1.165, 1.54) is 89.9 Å². The zero-order chi connectivity index (χ0) is 42.3. The topological polar surface area (TPSA) is 78.9 Å². The molecule has 0 bridgehead atoms. The van der Waals surface area contributed by atoms with Crippen LogP contribution in [-0.4, -0.2) is 37.2 Å². The lowest BCUT2D eigenvalue weighted by atomic mass is 10.0. The van der Waals surface area contributed by atoms with Gasteiger partial charge >= 0.3 is 17.9 Å². The van der Waals surface area contributed by atoms with Crippen LogP contribution in [0.5, 0.6) is 0 Å². The standard InChI is InChI=1S/C52H90O6/c1-4-7-10-13-16-19-22-24-25-26-27-28-29-31-33-36-39-42-45-51(54)57-48-49(47-56-50(53)44-41-38-35-32-21-18-15-12-9-6-3)58-52(55)46-43-40-37-34-30-23-20-17-14-11-8-5-2/h15-16,18-19,22,24-28,49H,4-14,17,20-21,23,29-48H2,1-3H3/b18-15-,19-16-,24-22-,26-25-,28-27-. The number of carbonyl (C=O) groups excluding carboxylic acids is 3. The third-order valence-corrected chi connectivity index (χ3v) is 10.3. The Morgan fingerprint density at radius 1 is 0.345 bits per heavy atom. The molecular weight excluding hydrogens is 721 g/mol. The normalized spacial score (nSPS) is 12.5. The highest BCUT2D eigenvalue weighted by atomic mass is 16.6. The van der Waals surface area contributed by atoms with Gasteiger partial charge in [-0.05, 0) is 64.2 Å². The molecule has 0 amide bonds. The number of rotatable bonds is 43. The second kappa shape index (κ2) is 46.8. The second-order valence-electron chi connectivity index (χ2n) is 16.1. The molecule has 0 heterocycles. The molecule has 1 unspecified atom stereocenters. The molecule has 0 fully saturated rings. The van der Waals surface area contributed by atoms with E-state index in [2.05, 4.69) is 81.5 Å². The number of unbranched alkanes of at least 4 members (excludes halogenated alkanes) is 25. The lowest BCUT2D eigenvalue weighted by Crippen LogP contribution is -2.30. The summed E-state index contributed by atoms with van der Waals surface area (Å²) in [6, 6.07) is 0. The van der Waals surface area contributed by atoms with E-state index in [1.807, 2.05) is 0 Å². The van der Waals surface area contributed by atoms with Gasteiger partial charge in [0.1, 0.15) is 13.2 Å². The van der Waals surface area contributed by atoms with Gasteiger partial charge in [-0.25, -0.2) is 0 Å². The zero-order valence-corrected chi connectivity index (χ0v) is 38.0. The number of allylic oxidation sites excluding steroid dienone is 10. The fraction of sp³-hybridized carbons (Fsp3) is 0.750. The van der Waals surface area contributed by atoms with Crippen molar-refractivity contribution in [1.82, 2.24) is 0 Å². The van der Waals surface area contributed by atoms with Crippen molar-refractivity contribution in [3.8, 4) is 0 Å². The smallest absolute Gasteiger partial charge is 0.306 e. The quantitative estimate of drug-likeness (QED) is 0.0201. The Hall–Kier alpha value is -2.89. The highest BCUT2D eigenvalue weighted by Gasteiger charge is 2.19. The molecule has 6 heteroatoms. The first-order valence-electron chi connectivity index (χ1n) is 24.3. The van der Waals surface area contributed by atoms with Crippen molar-refractivity contribution in [1.29, 1.82) is 0 Å². The van der Waals surface area contributed by atoms with Gasteiger partial charge in [0.15, 0.2) is 6.10 Å². The third kappa shape index (κ3) is 44.2. The summed E-state index contributed by atoms with van der Waals surface area (Å²) in [5.41, 5.74) is 0. The molecule has 0 saturated heterocycles. The van der Waals surface area contributed by atoms with E-state index in [0.717, 1.165) is 103 Å². The first kappa shape index (κ1) is 55.1. The minimum Gasteiger partial charge on any atom is -0.462 e. The Bertz CT molecular complexity index is 1070. The molecule has 0 aromatic rings. The first-order chi connectivity index (χ1) is 28.5. The predicted molar refractivity (Wildman–Crippen MR) is 247 cm³/mol. The van der Waals surface area contributed by atoms with E-state index >= 15 is 0 Å². The third-order valence-electron chi connectivity index (χ3n) is 10.3. The molecular formula is C52H90O6. The Labute approximate surface area is 358 Å². The molecule has 0 aromatic carbocycles.